The molecule has 5 heterocycles. The number of aliphatic hydroxyl groups is 2. The van der Waals surface area contributed by atoms with Crippen LogP contribution in [0.5, 0.6) is 23.0 Å². The summed E-state index contributed by atoms with van der Waals surface area (Å²) in [4.78, 5) is 65.9. The largest absolute Gasteiger partial charge is 0.507 e. The van der Waals surface area contributed by atoms with Crippen molar-refractivity contribution >= 4 is 34.1 Å². The normalized spacial score (nSPS) is 25.6. The van der Waals surface area contributed by atoms with Crippen LogP contribution in [-0.4, -0.2) is 145 Å². The van der Waals surface area contributed by atoms with Crippen LogP contribution in [0, 0.1) is 36.4 Å². The molecular formula is C53H70FN7O17. The second-order valence-electron chi connectivity index (χ2n) is 19.6. The number of aliphatic hydroxyl groups excluding tert-OH is 2. The molecule has 7 rings (SSSR count). The van der Waals surface area contributed by atoms with Gasteiger partial charge < -0.3 is 69.3 Å². The summed E-state index contributed by atoms with van der Waals surface area (Å²) in [5.41, 5.74) is -1.69. The first kappa shape index (κ1) is 60.2. The van der Waals surface area contributed by atoms with Gasteiger partial charge in [-0.25, -0.2) is 9.48 Å². The zero-order valence-corrected chi connectivity index (χ0v) is 45.0. The highest BCUT2D eigenvalue weighted by atomic mass is 19.1. The number of fused-ring (bicyclic) bond motifs is 14. The molecule has 3 aliphatic heterocycles. The molecule has 0 fully saturated rings. The molecule has 426 valence electrons. The SMILES string of the molecule is CO[C@H]1/C=C/O[C@@]2(C)Oc3c(C)c(O)c4c(O)c(c(CNCCOCCOCCOCn5cc(CCn6cc(F)c(=O)[nH]c6=O)nn5)c(O)c4c3C2=O)NC(=O)/C(C)=C\C=C\[C@H](C)[C@H](O)[C@@H](C)[C@@H](O)[C@@H](C)[C@H](OC(C)=O)[C@@H]1C. The number of carbonyl (C=O) groups excluding carboxylic acids is 3. The molecule has 0 spiro atoms. The van der Waals surface area contributed by atoms with Crippen LogP contribution in [-0.2, 0) is 64.3 Å². The third kappa shape index (κ3) is 13.8. The van der Waals surface area contributed by atoms with Crippen molar-refractivity contribution in [2.75, 3.05) is 52.0 Å². The van der Waals surface area contributed by atoms with Crippen molar-refractivity contribution in [3.63, 3.8) is 0 Å². The monoisotopic (exact) mass is 1100 g/mol. The molecule has 78 heavy (non-hydrogen) atoms. The Morgan fingerprint density at radius 3 is 2.28 bits per heavy atom. The van der Waals surface area contributed by atoms with Crippen LogP contribution < -0.4 is 26.6 Å². The highest BCUT2D eigenvalue weighted by molar-refractivity contribution is 6.22. The lowest BCUT2D eigenvalue weighted by Crippen LogP contribution is -2.46. The van der Waals surface area contributed by atoms with E-state index in [9.17, 15) is 53.9 Å². The van der Waals surface area contributed by atoms with E-state index in [4.69, 9.17) is 33.2 Å². The number of halogens is 1. The quantitative estimate of drug-likeness (QED) is 0.0306. The van der Waals surface area contributed by atoms with E-state index in [-0.39, 0.29) is 110 Å². The molecule has 0 saturated heterocycles. The number of aromatic amines is 1. The summed E-state index contributed by atoms with van der Waals surface area (Å²) in [5, 5.41) is 72.0. The van der Waals surface area contributed by atoms with Gasteiger partial charge in [0.15, 0.2) is 5.75 Å². The van der Waals surface area contributed by atoms with Gasteiger partial charge >= 0.3 is 17.4 Å². The topological polar surface area (TPSA) is 327 Å². The first-order valence-electron chi connectivity index (χ1n) is 25.4. The summed E-state index contributed by atoms with van der Waals surface area (Å²) in [6.07, 6.45) is 5.99. The number of aromatic hydroxyl groups is 3. The number of Topliss-reactive ketones (excluding diaryl/α,β-unsaturated/α-hetero) is 1. The number of esters is 1. The van der Waals surface area contributed by atoms with E-state index in [1.165, 1.54) is 57.9 Å². The van der Waals surface area contributed by atoms with E-state index >= 15 is 0 Å². The number of nitrogens with zero attached hydrogens (tertiary/aromatic N) is 4. The Hall–Kier alpha value is -7.00. The lowest BCUT2D eigenvalue weighted by Gasteiger charge is -2.38. The molecule has 0 aliphatic carbocycles. The van der Waals surface area contributed by atoms with Crippen molar-refractivity contribution in [3.05, 3.63) is 97.6 Å². The Morgan fingerprint density at radius 1 is 0.897 bits per heavy atom. The minimum Gasteiger partial charge on any atom is -0.507 e. The molecule has 25 heteroatoms. The molecule has 5 bridgehead atoms. The number of aromatic nitrogens is 5. The van der Waals surface area contributed by atoms with Crippen molar-refractivity contribution < 1.29 is 77.5 Å². The number of ether oxygens (including phenoxy) is 7. The summed E-state index contributed by atoms with van der Waals surface area (Å²) < 4.78 is 56.6. The molecule has 0 radical (unpaired) electrons. The summed E-state index contributed by atoms with van der Waals surface area (Å²) in [7, 11) is 1.42. The molecule has 4 aromatic rings. The van der Waals surface area contributed by atoms with E-state index in [1.807, 2.05) is 4.98 Å². The van der Waals surface area contributed by atoms with Gasteiger partial charge in [-0.3, -0.25) is 28.7 Å². The summed E-state index contributed by atoms with van der Waals surface area (Å²) >= 11 is 0. The fourth-order valence-electron chi connectivity index (χ4n) is 9.31. The molecule has 0 saturated carbocycles. The molecule has 2 aromatic carbocycles. The highest BCUT2D eigenvalue weighted by Gasteiger charge is 2.50. The van der Waals surface area contributed by atoms with Crippen molar-refractivity contribution in [2.45, 2.75) is 112 Å². The van der Waals surface area contributed by atoms with Crippen molar-refractivity contribution in [2.24, 2.45) is 23.7 Å². The number of aryl methyl sites for hydroxylation is 2. The van der Waals surface area contributed by atoms with E-state index < -0.39 is 106 Å². The number of methoxy groups -OCH3 is 1. The van der Waals surface area contributed by atoms with Crippen molar-refractivity contribution in [1.29, 1.82) is 0 Å². The Bertz CT molecular complexity index is 3030. The molecule has 1 amide bonds. The number of H-pyrrole nitrogens is 1. The average molecular weight is 1100 g/mol. The Morgan fingerprint density at radius 2 is 1.59 bits per heavy atom. The number of rotatable bonds is 18. The van der Waals surface area contributed by atoms with Crippen LogP contribution >= 0.6 is 0 Å². The van der Waals surface area contributed by atoms with Gasteiger partial charge in [0.1, 0.15) is 30.1 Å². The maximum Gasteiger partial charge on any atom is 0.328 e. The van der Waals surface area contributed by atoms with Crippen LogP contribution in [0.4, 0.5) is 10.1 Å². The Kier molecular flexibility index (Phi) is 20.5. The number of phenols is 3. The van der Waals surface area contributed by atoms with Gasteiger partial charge in [-0.15, -0.1) is 5.10 Å². The fourth-order valence-corrected chi connectivity index (χ4v) is 9.31. The van der Waals surface area contributed by atoms with E-state index in [1.54, 1.807) is 46.0 Å². The van der Waals surface area contributed by atoms with Gasteiger partial charge in [0, 0.05) is 92.8 Å². The number of anilines is 1. The number of nitrogens with one attached hydrogen (secondary N) is 3. The predicted octanol–water partition coefficient (Wildman–Crippen LogP) is 3.37. The first-order chi connectivity index (χ1) is 37.0. The number of benzene rings is 2. The predicted molar refractivity (Wildman–Crippen MR) is 278 cm³/mol. The summed E-state index contributed by atoms with van der Waals surface area (Å²) in [6.45, 7) is 13.5. The molecule has 9 atom stereocenters. The number of phenolic OH excluding ortho intramolecular Hbond substituents is 3. The minimum atomic E-state index is -2.09. The third-order valence-corrected chi connectivity index (χ3v) is 14.0. The molecule has 0 unspecified atom stereocenters. The van der Waals surface area contributed by atoms with Crippen molar-refractivity contribution in [3.8, 4) is 23.0 Å². The van der Waals surface area contributed by atoms with Crippen LogP contribution in [0.15, 0.2) is 58.1 Å². The number of carbonyl (C=O) groups is 3. The van der Waals surface area contributed by atoms with Gasteiger partial charge in [0.2, 0.25) is 5.82 Å². The Labute approximate surface area is 448 Å². The van der Waals surface area contributed by atoms with E-state index in [2.05, 4.69) is 20.9 Å². The molecule has 24 nitrogen and oxygen atoms in total. The van der Waals surface area contributed by atoms with E-state index in [0.717, 1.165) is 10.8 Å². The average Bonchev–Trinajstić information content (AvgIpc) is 4.18. The minimum absolute atomic E-state index is 0.0200. The van der Waals surface area contributed by atoms with Crippen LogP contribution in [0.3, 0.4) is 0 Å². The van der Waals surface area contributed by atoms with Crippen molar-refractivity contribution in [1.82, 2.24) is 29.9 Å². The number of hydrogen-bond donors (Lipinski definition) is 8. The summed E-state index contributed by atoms with van der Waals surface area (Å²) in [5.74, 6) is -9.80. The number of ketones is 1. The van der Waals surface area contributed by atoms with Crippen LogP contribution in [0.25, 0.3) is 10.8 Å². The molecule has 3 aliphatic rings. The van der Waals surface area contributed by atoms with Crippen LogP contribution in [0.1, 0.15) is 75.6 Å². The lowest BCUT2D eigenvalue weighted by atomic mass is 9.78. The maximum atomic E-state index is 14.6. The highest BCUT2D eigenvalue weighted by Crippen LogP contribution is 2.55. The molecule has 8 N–H and O–H groups in total. The summed E-state index contributed by atoms with van der Waals surface area (Å²) in [6, 6.07) is 0. The van der Waals surface area contributed by atoms with Crippen LogP contribution in [0.2, 0.25) is 0 Å². The zero-order chi connectivity index (χ0) is 57.2. The van der Waals surface area contributed by atoms with Gasteiger partial charge in [-0.2, -0.15) is 4.39 Å². The zero-order valence-electron chi connectivity index (χ0n) is 45.0. The second kappa shape index (κ2) is 26.6. The van der Waals surface area contributed by atoms with Gasteiger partial charge in [-0.05, 0) is 19.9 Å². The smallest absolute Gasteiger partial charge is 0.328 e. The molecular weight excluding hydrogens is 1030 g/mol. The third-order valence-electron chi connectivity index (χ3n) is 14.0. The first-order valence-corrected chi connectivity index (χ1v) is 25.4. The second-order valence-corrected chi connectivity index (χ2v) is 19.6. The van der Waals surface area contributed by atoms with Gasteiger partial charge in [0.05, 0.1) is 92.3 Å². The van der Waals surface area contributed by atoms with E-state index in [0.29, 0.717) is 5.69 Å². The number of hydrogen-bond acceptors (Lipinski definition) is 20. The Balaban J connectivity index is 1.15. The fraction of sp³-hybridized carbons (Fsp3) is 0.528. The van der Waals surface area contributed by atoms with Gasteiger partial charge in [-0.1, -0.05) is 51.1 Å². The number of allylic oxidation sites excluding steroid dienone is 2. The number of amides is 1. The maximum absolute atomic E-state index is 14.6. The lowest BCUT2D eigenvalue weighted by molar-refractivity contribution is -0.160. The molecule has 2 aromatic heterocycles. The van der Waals surface area contributed by atoms with Gasteiger partial charge in [0.25, 0.3) is 17.2 Å². The standard InChI is InChI=1S/C53H70FN7O17/c1-27-11-10-12-28(2)50(69)56-41-35(23-55-15-18-73-19-20-74-21-22-75-26-61-24-34(58-59-61)13-16-60-25-36(54)51(70)57-52(60)71)45(66)38-39(46(41)67)44(65)32(6)48-40(38)49(68)53(8,78-48)76-17-14-37(72-9)29(3)47(77-33(7)62)31(5)43(64)30(4)42(27)63/h10-12,14,17,24-25,27,29-31,37,42-43,47,55,63-67H,13,15-16,18-23,26H2,1-9H3,(H,56,69)(H,57,70,71)/b11-10+,17-14+,28-12-/t27-,29+,30+,31+,37-,42-,43+,47+,53-/m0/s1.